The smallest absolute Gasteiger partial charge is 0.0282 e. The predicted molar refractivity (Wildman–Crippen MR) is 67.0 cm³/mol. The van der Waals surface area contributed by atoms with Gasteiger partial charge in [0.15, 0.2) is 0 Å². The Bertz CT molecular complexity index is 164. The van der Waals surface area contributed by atoms with E-state index in [1.807, 2.05) is 11.8 Å². The van der Waals surface area contributed by atoms with Crippen molar-refractivity contribution in [3.63, 3.8) is 0 Å². The van der Waals surface area contributed by atoms with Crippen LogP contribution in [0.1, 0.15) is 46.5 Å². The maximum atomic E-state index is 3.67. The molecule has 84 valence electrons. The van der Waals surface area contributed by atoms with Crippen LogP contribution in [0.25, 0.3) is 0 Å². The van der Waals surface area contributed by atoms with E-state index in [2.05, 4.69) is 32.3 Å². The highest BCUT2D eigenvalue weighted by molar-refractivity contribution is 8.00. The number of hydrogen-bond donors (Lipinski definition) is 1. The highest BCUT2D eigenvalue weighted by Gasteiger charge is 2.41. The van der Waals surface area contributed by atoms with Crippen molar-refractivity contribution in [2.24, 2.45) is 5.92 Å². The molecule has 0 spiro atoms. The van der Waals surface area contributed by atoms with E-state index in [0.717, 1.165) is 5.92 Å². The molecule has 0 aromatic heterocycles. The molecule has 14 heavy (non-hydrogen) atoms. The second-order valence-electron chi connectivity index (χ2n) is 5.14. The molecule has 1 aliphatic rings. The first-order chi connectivity index (χ1) is 6.58. The van der Waals surface area contributed by atoms with Gasteiger partial charge < -0.3 is 5.32 Å². The van der Waals surface area contributed by atoms with Crippen molar-refractivity contribution in [3.05, 3.63) is 0 Å². The lowest BCUT2D eigenvalue weighted by molar-refractivity contribution is 0.449. The van der Waals surface area contributed by atoms with Gasteiger partial charge in [-0.1, -0.05) is 13.8 Å². The van der Waals surface area contributed by atoms with E-state index in [4.69, 9.17) is 0 Å². The summed E-state index contributed by atoms with van der Waals surface area (Å²) in [6.45, 7) is 8.14. The van der Waals surface area contributed by atoms with Crippen LogP contribution in [0, 0.1) is 5.92 Å². The third kappa shape index (κ3) is 4.22. The minimum absolute atomic E-state index is 0.617. The number of rotatable bonds is 7. The summed E-state index contributed by atoms with van der Waals surface area (Å²) in [7, 11) is 0. The molecule has 0 amide bonds. The van der Waals surface area contributed by atoms with Crippen LogP contribution in [0.2, 0.25) is 0 Å². The Morgan fingerprint density at radius 1 is 1.21 bits per heavy atom. The van der Waals surface area contributed by atoms with Gasteiger partial charge >= 0.3 is 0 Å². The van der Waals surface area contributed by atoms with Gasteiger partial charge in [-0.15, -0.1) is 0 Å². The van der Waals surface area contributed by atoms with Gasteiger partial charge in [-0.05, 0) is 44.8 Å². The zero-order valence-corrected chi connectivity index (χ0v) is 10.9. The molecular weight excluding hydrogens is 190 g/mol. The maximum absolute atomic E-state index is 3.67. The van der Waals surface area contributed by atoms with Crippen molar-refractivity contribution in [1.82, 2.24) is 5.32 Å². The van der Waals surface area contributed by atoms with E-state index in [1.165, 1.54) is 32.2 Å². The summed E-state index contributed by atoms with van der Waals surface area (Å²) >= 11 is 2.04. The van der Waals surface area contributed by atoms with Gasteiger partial charge in [0.25, 0.3) is 0 Å². The topological polar surface area (TPSA) is 12.0 Å². The van der Waals surface area contributed by atoms with E-state index in [-0.39, 0.29) is 0 Å². The molecule has 2 heteroatoms. The van der Waals surface area contributed by atoms with Crippen LogP contribution >= 0.6 is 11.8 Å². The fraction of sp³-hybridized carbons (Fsp3) is 1.00. The molecule has 1 fully saturated rings. The summed E-state index contributed by atoms with van der Waals surface area (Å²) < 4.78 is 0.617. The molecule has 1 atom stereocenters. The van der Waals surface area contributed by atoms with Crippen molar-refractivity contribution >= 4 is 11.8 Å². The van der Waals surface area contributed by atoms with Gasteiger partial charge in [-0.25, -0.2) is 0 Å². The molecule has 1 N–H and O–H groups in total. The molecule has 1 rings (SSSR count). The molecular formula is C12H25NS. The third-order valence-corrected chi connectivity index (χ3v) is 4.61. The first kappa shape index (κ1) is 12.4. The Morgan fingerprint density at radius 2 is 1.86 bits per heavy atom. The van der Waals surface area contributed by atoms with Crippen molar-refractivity contribution < 1.29 is 0 Å². The molecule has 1 unspecified atom stereocenters. The van der Waals surface area contributed by atoms with Crippen molar-refractivity contribution in [1.29, 1.82) is 0 Å². The summed E-state index contributed by atoms with van der Waals surface area (Å²) in [5.74, 6) is 0.842. The Morgan fingerprint density at radius 3 is 2.29 bits per heavy atom. The predicted octanol–water partition coefficient (Wildman–Crippen LogP) is 3.30. The van der Waals surface area contributed by atoms with E-state index in [1.54, 1.807) is 0 Å². The minimum atomic E-state index is 0.617. The quantitative estimate of drug-likeness (QED) is 0.699. The van der Waals surface area contributed by atoms with Crippen molar-refractivity contribution in [3.8, 4) is 0 Å². The van der Waals surface area contributed by atoms with Gasteiger partial charge in [0.05, 0.1) is 0 Å². The van der Waals surface area contributed by atoms with Crippen molar-refractivity contribution in [2.45, 2.75) is 57.2 Å². The zero-order chi connectivity index (χ0) is 10.6. The molecule has 1 nitrogen and oxygen atoms in total. The zero-order valence-electron chi connectivity index (χ0n) is 10.1. The summed E-state index contributed by atoms with van der Waals surface area (Å²) in [6.07, 6.45) is 7.74. The molecule has 0 heterocycles. The highest BCUT2D eigenvalue weighted by atomic mass is 32.2. The van der Waals surface area contributed by atoms with Gasteiger partial charge in [0, 0.05) is 17.3 Å². The Balaban J connectivity index is 2.06. The van der Waals surface area contributed by atoms with Gasteiger partial charge in [0.1, 0.15) is 0 Å². The standard InChI is InChI=1S/C12H25NS/c1-10(2)5-6-11(3)13-9-12(14-4)7-8-12/h10-11,13H,5-9H2,1-4H3. The summed E-state index contributed by atoms with van der Waals surface area (Å²) in [5.41, 5.74) is 0. The molecule has 1 aliphatic carbocycles. The number of hydrogen-bond acceptors (Lipinski definition) is 2. The first-order valence-electron chi connectivity index (χ1n) is 5.86. The largest absolute Gasteiger partial charge is 0.313 e. The molecule has 0 bridgehead atoms. The second-order valence-corrected chi connectivity index (χ2v) is 6.41. The molecule has 0 aliphatic heterocycles. The fourth-order valence-electron chi connectivity index (χ4n) is 1.64. The summed E-state index contributed by atoms with van der Waals surface area (Å²) in [5, 5.41) is 3.67. The van der Waals surface area contributed by atoms with Crippen LogP contribution in [0.3, 0.4) is 0 Å². The molecule has 0 radical (unpaired) electrons. The van der Waals surface area contributed by atoms with E-state index < -0.39 is 0 Å². The van der Waals surface area contributed by atoms with Gasteiger partial charge in [-0.2, -0.15) is 11.8 Å². The van der Waals surface area contributed by atoms with E-state index in [0.29, 0.717) is 10.8 Å². The van der Waals surface area contributed by atoms with Crippen LogP contribution in [-0.2, 0) is 0 Å². The Labute approximate surface area is 93.4 Å². The molecule has 0 saturated heterocycles. The SMILES string of the molecule is CSC1(CNC(C)CCC(C)C)CC1. The van der Waals surface area contributed by atoms with Crippen LogP contribution in [0.4, 0.5) is 0 Å². The first-order valence-corrected chi connectivity index (χ1v) is 7.09. The lowest BCUT2D eigenvalue weighted by Crippen LogP contribution is -2.33. The average molecular weight is 215 g/mol. The van der Waals surface area contributed by atoms with E-state index >= 15 is 0 Å². The van der Waals surface area contributed by atoms with E-state index in [9.17, 15) is 0 Å². The average Bonchev–Trinajstić information content (AvgIpc) is 2.92. The van der Waals surface area contributed by atoms with Crippen LogP contribution in [-0.4, -0.2) is 23.6 Å². The van der Waals surface area contributed by atoms with Gasteiger partial charge in [0.2, 0.25) is 0 Å². The number of nitrogens with one attached hydrogen (secondary N) is 1. The summed E-state index contributed by atoms with van der Waals surface area (Å²) in [6, 6.07) is 0.696. The maximum Gasteiger partial charge on any atom is 0.0282 e. The summed E-state index contributed by atoms with van der Waals surface area (Å²) in [4.78, 5) is 0. The Hall–Kier alpha value is 0.310. The molecule has 0 aromatic rings. The van der Waals surface area contributed by atoms with Gasteiger partial charge in [-0.3, -0.25) is 0 Å². The minimum Gasteiger partial charge on any atom is -0.313 e. The third-order valence-electron chi connectivity index (χ3n) is 3.19. The lowest BCUT2D eigenvalue weighted by Gasteiger charge is -2.19. The second kappa shape index (κ2) is 5.41. The van der Waals surface area contributed by atoms with Crippen molar-refractivity contribution in [2.75, 3.05) is 12.8 Å². The lowest BCUT2D eigenvalue weighted by atomic mass is 10.0. The molecule has 0 aromatic carbocycles. The van der Waals surface area contributed by atoms with Crippen LogP contribution in [0.5, 0.6) is 0 Å². The highest BCUT2D eigenvalue weighted by Crippen LogP contribution is 2.46. The Kier molecular flexibility index (Phi) is 4.78. The normalized spacial score (nSPS) is 21.2. The fourth-order valence-corrected chi connectivity index (χ4v) is 2.38. The van der Waals surface area contributed by atoms with Crippen LogP contribution in [0.15, 0.2) is 0 Å². The number of thioether (sulfide) groups is 1. The monoisotopic (exact) mass is 215 g/mol. The molecule has 1 saturated carbocycles. The van der Waals surface area contributed by atoms with Crippen LogP contribution < -0.4 is 5.32 Å².